The van der Waals surface area contributed by atoms with Crippen LogP contribution in [0.4, 0.5) is 13.2 Å². The van der Waals surface area contributed by atoms with Gasteiger partial charge in [-0.3, -0.25) is 9.59 Å². The monoisotopic (exact) mass is 341 g/mol. The van der Waals surface area contributed by atoms with Gasteiger partial charge in [-0.15, -0.1) is 0 Å². The number of nitrogens with zero attached hydrogens (tertiary/aromatic N) is 1. The highest BCUT2D eigenvalue weighted by molar-refractivity contribution is 5.99. The van der Waals surface area contributed by atoms with E-state index < -0.39 is 43.0 Å². The molecule has 0 aliphatic carbocycles. The van der Waals surface area contributed by atoms with Gasteiger partial charge in [-0.05, 0) is 12.1 Å². The zero-order valence-electron chi connectivity index (χ0n) is 12.4. The Hall–Kier alpha value is -2.51. The summed E-state index contributed by atoms with van der Waals surface area (Å²) < 4.78 is 44.5. The van der Waals surface area contributed by atoms with E-state index in [0.29, 0.717) is 11.3 Å². The van der Waals surface area contributed by atoms with E-state index in [1.807, 2.05) is 0 Å². The number of carboxylic acid groups (broad SMARTS) is 1. The summed E-state index contributed by atoms with van der Waals surface area (Å²) in [4.78, 5) is 24.5. The average molecular weight is 341 g/mol. The summed E-state index contributed by atoms with van der Waals surface area (Å²) in [5.74, 6) is -5.29. The molecule has 1 aromatic rings. The van der Waals surface area contributed by atoms with Crippen LogP contribution in [0.1, 0.15) is 5.56 Å². The molecule has 0 spiro atoms. The van der Waals surface area contributed by atoms with E-state index in [9.17, 15) is 22.8 Å². The maximum absolute atomic E-state index is 13.0. The molecule has 2 atom stereocenters. The van der Waals surface area contributed by atoms with Crippen molar-refractivity contribution in [3.05, 3.63) is 35.4 Å². The summed E-state index contributed by atoms with van der Waals surface area (Å²) in [6, 6.07) is 6.97. The zero-order chi connectivity index (χ0) is 17.5. The summed E-state index contributed by atoms with van der Waals surface area (Å²) in [7, 11) is 0. The lowest BCUT2D eigenvalue weighted by Crippen LogP contribution is -2.35. The Morgan fingerprint density at radius 2 is 1.92 bits per heavy atom. The first-order valence-corrected chi connectivity index (χ1v) is 7.28. The highest BCUT2D eigenvalue weighted by Gasteiger charge is 2.53. The fourth-order valence-electron chi connectivity index (χ4n) is 2.99. The van der Waals surface area contributed by atoms with E-state index in [0.717, 1.165) is 4.90 Å². The van der Waals surface area contributed by atoms with E-state index in [1.54, 1.807) is 30.3 Å². The second-order valence-corrected chi connectivity index (χ2v) is 5.80. The molecule has 8 heteroatoms. The third-order valence-corrected chi connectivity index (χ3v) is 4.25. The number of fused-ring (bicyclic) bond motifs is 1. The number of likely N-dealkylation sites (tertiary alicyclic amines) is 1. The molecule has 0 bridgehead atoms. The van der Waals surface area contributed by atoms with Crippen LogP contribution in [0, 0.1) is 11.8 Å². The van der Waals surface area contributed by atoms with Crippen molar-refractivity contribution >= 4 is 18.0 Å². The molecule has 5 nitrogen and oxygen atoms in total. The Labute approximate surface area is 135 Å². The molecule has 1 fully saturated rings. The molecule has 2 heterocycles. The van der Waals surface area contributed by atoms with Gasteiger partial charge >= 0.3 is 12.1 Å². The normalized spacial score (nSPS) is 23.3. The van der Waals surface area contributed by atoms with Crippen molar-refractivity contribution in [1.29, 1.82) is 0 Å². The molecular weight excluding hydrogens is 327 g/mol. The van der Waals surface area contributed by atoms with Gasteiger partial charge in [-0.2, -0.15) is 13.2 Å². The number of amides is 1. The number of hydrogen-bond acceptors (Lipinski definition) is 3. The predicted molar refractivity (Wildman–Crippen MR) is 77.2 cm³/mol. The Balaban J connectivity index is 1.82. The molecule has 1 amide bonds. The van der Waals surface area contributed by atoms with Crippen molar-refractivity contribution in [3.8, 4) is 5.75 Å². The number of para-hydroxylation sites is 1. The van der Waals surface area contributed by atoms with Gasteiger partial charge in [0.1, 0.15) is 12.4 Å². The minimum atomic E-state index is -4.66. The first-order valence-electron chi connectivity index (χ1n) is 7.28. The molecule has 1 saturated heterocycles. The quantitative estimate of drug-likeness (QED) is 0.895. The minimum absolute atomic E-state index is 0.0548. The maximum atomic E-state index is 13.0. The third kappa shape index (κ3) is 2.95. The highest BCUT2D eigenvalue weighted by Crippen LogP contribution is 2.38. The maximum Gasteiger partial charge on any atom is 0.394 e. The number of benzene rings is 1. The number of ether oxygens (including phenoxy) is 1. The fourth-order valence-corrected chi connectivity index (χ4v) is 2.99. The number of rotatable bonds is 2. The van der Waals surface area contributed by atoms with Crippen molar-refractivity contribution in [2.45, 2.75) is 6.18 Å². The largest absolute Gasteiger partial charge is 0.488 e. The fraction of sp³-hybridized carbons (Fsp3) is 0.375. The van der Waals surface area contributed by atoms with Gasteiger partial charge < -0.3 is 14.7 Å². The van der Waals surface area contributed by atoms with E-state index >= 15 is 0 Å². The Kier molecular flexibility index (Phi) is 3.98. The van der Waals surface area contributed by atoms with Crippen LogP contribution in [-0.4, -0.2) is 47.8 Å². The molecule has 24 heavy (non-hydrogen) atoms. The molecule has 0 radical (unpaired) electrons. The summed E-state index contributed by atoms with van der Waals surface area (Å²) in [6.45, 7) is -1.17. The smallest absolute Gasteiger partial charge is 0.394 e. The second kappa shape index (κ2) is 5.85. The van der Waals surface area contributed by atoms with Crippen LogP contribution in [0.5, 0.6) is 5.75 Å². The SMILES string of the molecule is O=C(O)[C@@H]1CN(C(=O)C2=Cc3ccccc3OC2)C[C@H]1C(F)(F)F. The Morgan fingerprint density at radius 3 is 2.54 bits per heavy atom. The van der Waals surface area contributed by atoms with Crippen LogP contribution in [0.2, 0.25) is 0 Å². The van der Waals surface area contributed by atoms with E-state index in [4.69, 9.17) is 9.84 Å². The van der Waals surface area contributed by atoms with Crippen LogP contribution in [0.3, 0.4) is 0 Å². The minimum Gasteiger partial charge on any atom is -0.488 e. The number of hydrogen-bond donors (Lipinski definition) is 1. The molecule has 0 saturated carbocycles. The molecule has 3 rings (SSSR count). The number of alkyl halides is 3. The van der Waals surface area contributed by atoms with Crippen molar-refractivity contribution in [2.24, 2.45) is 11.8 Å². The van der Waals surface area contributed by atoms with Crippen LogP contribution >= 0.6 is 0 Å². The van der Waals surface area contributed by atoms with Crippen molar-refractivity contribution in [2.75, 3.05) is 19.7 Å². The summed E-state index contributed by atoms with van der Waals surface area (Å²) >= 11 is 0. The zero-order valence-corrected chi connectivity index (χ0v) is 12.4. The Bertz CT molecular complexity index is 714. The highest BCUT2D eigenvalue weighted by atomic mass is 19.4. The lowest BCUT2D eigenvalue weighted by atomic mass is 9.96. The molecule has 1 N–H and O–H groups in total. The van der Waals surface area contributed by atoms with E-state index in [-0.39, 0.29) is 12.2 Å². The van der Waals surface area contributed by atoms with Gasteiger partial charge in [0.05, 0.1) is 17.4 Å². The topological polar surface area (TPSA) is 66.8 Å². The lowest BCUT2D eigenvalue weighted by Gasteiger charge is -2.22. The van der Waals surface area contributed by atoms with Gasteiger partial charge in [0, 0.05) is 18.7 Å². The van der Waals surface area contributed by atoms with E-state index in [1.165, 1.54) is 0 Å². The molecule has 2 aliphatic heterocycles. The van der Waals surface area contributed by atoms with Crippen molar-refractivity contribution in [3.63, 3.8) is 0 Å². The number of aliphatic carboxylic acids is 1. The van der Waals surface area contributed by atoms with E-state index in [2.05, 4.69) is 0 Å². The van der Waals surface area contributed by atoms with Gasteiger partial charge in [0.25, 0.3) is 5.91 Å². The molecular formula is C16H14F3NO4. The van der Waals surface area contributed by atoms with Crippen LogP contribution in [0.25, 0.3) is 6.08 Å². The molecule has 0 aromatic heterocycles. The van der Waals surface area contributed by atoms with Gasteiger partial charge in [0.15, 0.2) is 0 Å². The third-order valence-electron chi connectivity index (χ3n) is 4.25. The average Bonchev–Trinajstić information content (AvgIpc) is 2.99. The van der Waals surface area contributed by atoms with Crippen molar-refractivity contribution < 1.29 is 32.6 Å². The number of carbonyl (C=O) groups excluding carboxylic acids is 1. The first kappa shape index (κ1) is 16.4. The molecule has 128 valence electrons. The summed E-state index contributed by atoms with van der Waals surface area (Å²) in [6.07, 6.45) is -3.10. The second-order valence-electron chi connectivity index (χ2n) is 5.80. The van der Waals surface area contributed by atoms with Crippen molar-refractivity contribution in [1.82, 2.24) is 4.90 Å². The number of halogens is 3. The molecule has 2 aliphatic rings. The van der Waals surface area contributed by atoms with Gasteiger partial charge in [0.2, 0.25) is 0 Å². The number of carboxylic acids is 1. The number of carbonyl (C=O) groups is 2. The first-order chi connectivity index (χ1) is 11.3. The van der Waals surface area contributed by atoms with Crippen LogP contribution < -0.4 is 4.74 Å². The predicted octanol–water partition coefficient (Wildman–Crippen LogP) is 2.18. The van der Waals surface area contributed by atoms with Gasteiger partial charge in [-0.25, -0.2) is 0 Å². The molecule has 1 aromatic carbocycles. The molecule has 0 unspecified atom stereocenters. The van der Waals surface area contributed by atoms with Crippen LogP contribution in [0.15, 0.2) is 29.8 Å². The summed E-state index contributed by atoms with van der Waals surface area (Å²) in [5.41, 5.74) is 0.870. The standard InChI is InChI=1S/C16H14F3NO4/c17-16(18,19)12-7-20(6-11(12)15(22)23)14(21)10-5-9-3-1-2-4-13(9)24-8-10/h1-5,11-12H,6-8H2,(H,22,23)/t11-,12-/m1/s1. The van der Waals surface area contributed by atoms with Crippen LogP contribution in [-0.2, 0) is 9.59 Å². The summed E-state index contributed by atoms with van der Waals surface area (Å²) in [5, 5.41) is 9.01. The lowest BCUT2D eigenvalue weighted by molar-refractivity contribution is -0.188. The Morgan fingerprint density at radius 1 is 1.21 bits per heavy atom. The van der Waals surface area contributed by atoms with Gasteiger partial charge in [-0.1, -0.05) is 18.2 Å².